The van der Waals surface area contributed by atoms with Crippen molar-refractivity contribution in [2.24, 2.45) is 11.3 Å². The van der Waals surface area contributed by atoms with Gasteiger partial charge in [-0.1, -0.05) is 26.0 Å². The van der Waals surface area contributed by atoms with Crippen LogP contribution in [0.15, 0.2) is 18.2 Å². The largest absolute Gasteiger partial charge is 0.478 e. The van der Waals surface area contributed by atoms with Crippen molar-refractivity contribution in [2.45, 2.75) is 46.2 Å². The molecule has 0 unspecified atom stereocenters. The molecule has 2 heterocycles. The van der Waals surface area contributed by atoms with Gasteiger partial charge in [0.1, 0.15) is 0 Å². The first-order valence-electron chi connectivity index (χ1n) is 8.34. The molecule has 0 amide bonds. The summed E-state index contributed by atoms with van der Waals surface area (Å²) in [5.74, 6) is 5.10. The molecule has 0 fully saturated rings. The number of nitrogens with two attached hydrogens (primary N) is 1. The summed E-state index contributed by atoms with van der Waals surface area (Å²) >= 11 is 1.66. The molecule has 0 radical (unpaired) electrons. The number of thiophene rings is 1. The van der Waals surface area contributed by atoms with Crippen LogP contribution in [0.5, 0.6) is 0 Å². The van der Waals surface area contributed by atoms with Gasteiger partial charge >= 0.3 is 5.97 Å². The van der Waals surface area contributed by atoms with Crippen molar-refractivity contribution >= 4 is 17.3 Å². The molecule has 5 heteroatoms. The zero-order valence-corrected chi connectivity index (χ0v) is 14.9. The quantitative estimate of drug-likeness (QED) is 0.814. The number of hydrogen-bond acceptors (Lipinski definition) is 4. The molecule has 4 nitrogen and oxygen atoms in total. The van der Waals surface area contributed by atoms with Crippen molar-refractivity contribution in [3.63, 3.8) is 0 Å². The van der Waals surface area contributed by atoms with Crippen molar-refractivity contribution in [1.29, 1.82) is 0 Å². The van der Waals surface area contributed by atoms with E-state index >= 15 is 0 Å². The van der Waals surface area contributed by atoms with Crippen molar-refractivity contribution in [1.82, 2.24) is 5.01 Å². The van der Waals surface area contributed by atoms with E-state index in [-0.39, 0.29) is 5.41 Å². The molecule has 0 bridgehead atoms. The summed E-state index contributed by atoms with van der Waals surface area (Å²) in [6.07, 6.45) is 2.95. The molecule has 3 N–H and O–H groups in total. The van der Waals surface area contributed by atoms with Crippen molar-refractivity contribution < 1.29 is 9.90 Å². The van der Waals surface area contributed by atoms with Crippen LogP contribution in [0.3, 0.4) is 0 Å². The maximum atomic E-state index is 12.0. The van der Waals surface area contributed by atoms with Crippen LogP contribution < -0.4 is 5.84 Å². The Hall–Kier alpha value is -1.69. The van der Waals surface area contributed by atoms with E-state index in [1.165, 1.54) is 16.0 Å². The molecule has 1 aliphatic heterocycles. The molecule has 1 aromatic heterocycles. The van der Waals surface area contributed by atoms with Gasteiger partial charge in [-0.15, -0.1) is 11.3 Å². The lowest BCUT2D eigenvalue weighted by atomic mass is 9.76. The second-order valence-electron chi connectivity index (χ2n) is 7.74. The molecule has 4 rings (SSSR count). The van der Waals surface area contributed by atoms with Crippen LogP contribution in [0.25, 0.3) is 10.4 Å². The predicted molar refractivity (Wildman–Crippen MR) is 96.0 cm³/mol. The number of carboxylic acids is 1. The molecule has 1 aliphatic carbocycles. The van der Waals surface area contributed by atoms with Gasteiger partial charge in [0, 0.05) is 22.8 Å². The molecule has 2 aliphatic rings. The molecular weight excluding hydrogens is 320 g/mol. The number of hydrogen-bond donors (Lipinski definition) is 2. The number of fused-ring (bicyclic) bond motifs is 2. The Balaban J connectivity index is 1.84. The topological polar surface area (TPSA) is 66.6 Å². The van der Waals surface area contributed by atoms with Crippen molar-refractivity contribution in [2.75, 3.05) is 0 Å². The maximum Gasteiger partial charge on any atom is 0.337 e. The smallest absolute Gasteiger partial charge is 0.337 e. The summed E-state index contributed by atoms with van der Waals surface area (Å²) < 4.78 is 0. The number of carboxylic acid groups (broad SMARTS) is 1. The summed E-state index contributed by atoms with van der Waals surface area (Å²) in [7, 11) is 0. The highest BCUT2D eigenvalue weighted by Crippen LogP contribution is 2.45. The Morgan fingerprint density at radius 1 is 1.29 bits per heavy atom. The summed E-state index contributed by atoms with van der Waals surface area (Å²) in [5.41, 5.74) is 5.20. The van der Waals surface area contributed by atoms with Crippen LogP contribution in [0.4, 0.5) is 0 Å². The van der Waals surface area contributed by atoms with Crippen LogP contribution in [0.1, 0.15) is 52.2 Å². The molecule has 2 aromatic rings. The van der Waals surface area contributed by atoms with Crippen molar-refractivity contribution in [3.05, 3.63) is 45.3 Å². The number of aryl methyl sites for hydroxylation is 1. The fraction of sp³-hybridized carbons (Fsp3) is 0.421. The van der Waals surface area contributed by atoms with E-state index in [0.717, 1.165) is 48.4 Å². The van der Waals surface area contributed by atoms with E-state index in [0.29, 0.717) is 5.56 Å². The monoisotopic (exact) mass is 342 g/mol. The minimum absolute atomic E-state index is 0.174. The Morgan fingerprint density at radius 2 is 2.04 bits per heavy atom. The average Bonchev–Trinajstić information content (AvgIpc) is 3.04. The summed E-state index contributed by atoms with van der Waals surface area (Å²) in [6.45, 7) is 5.94. The molecule has 126 valence electrons. The maximum absolute atomic E-state index is 12.0. The van der Waals surface area contributed by atoms with E-state index in [9.17, 15) is 9.90 Å². The second-order valence-corrected chi connectivity index (χ2v) is 8.85. The fourth-order valence-corrected chi connectivity index (χ4v) is 5.22. The predicted octanol–water partition coefficient (Wildman–Crippen LogP) is 3.82. The zero-order chi connectivity index (χ0) is 17.1. The molecule has 0 spiro atoms. The zero-order valence-electron chi connectivity index (χ0n) is 14.1. The Kier molecular flexibility index (Phi) is 3.56. The van der Waals surface area contributed by atoms with Crippen LogP contribution in [-0.4, -0.2) is 16.1 Å². The lowest BCUT2D eigenvalue weighted by molar-refractivity contribution is 0.0696. The van der Waals surface area contributed by atoms with Crippen LogP contribution in [0, 0.1) is 5.41 Å². The lowest BCUT2D eigenvalue weighted by Crippen LogP contribution is -2.23. The normalized spacial score (nSPS) is 19.1. The molecule has 24 heavy (non-hydrogen) atoms. The molecule has 0 saturated heterocycles. The van der Waals surface area contributed by atoms with Gasteiger partial charge in [-0.05, 0) is 53.0 Å². The first-order chi connectivity index (χ1) is 11.3. The van der Waals surface area contributed by atoms with E-state index in [1.54, 1.807) is 16.3 Å². The summed E-state index contributed by atoms with van der Waals surface area (Å²) in [6, 6.07) is 6.26. The third-order valence-corrected chi connectivity index (χ3v) is 6.54. The van der Waals surface area contributed by atoms with Gasteiger partial charge < -0.3 is 5.11 Å². The Morgan fingerprint density at radius 3 is 2.79 bits per heavy atom. The average molecular weight is 342 g/mol. The third-order valence-electron chi connectivity index (χ3n) is 5.20. The Bertz CT molecular complexity index is 838. The van der Waals surface area contributed by atoms with E-state index in [4.69, 9.17) is 5.84 Å². The van der Waals surface area contributed by atoms with Gasteiger partial charge in [-0.2, -0.15) is 0 Å². The van der Waals surface area contributed by atoms with Gasteiger partial charge in [-0.3, -0.25) is 5.84 Å². The van der Waals surface area contributed by atoms with Crippen molar-refractivity contribution in [3.8, 4) is 10.4 Å². The minimum Gasteiger partial charge on any atom is -0.478 e. The first kappa shape index (κ1) is 15.8. The van der Waals surface area contributed by atoms with Crippen LogP contribution in [-0.2, 0) is 25.9 Å². The van der Waals surface area contributed by atoms with Gasteiger partial charge in [0.05, 0.1) is 5.56 Å². The SMILES string of the molecule is CC1(C)CCc2sc(-c3ccc4c(c3)CN(N)C4)c(C(=O)O)c2C1. The second kappa shape index (κ2) is 5.41. The summed E-state index contributed by atoms with van der Waals surface area (Å²) in [5, 5.41) is 11.6. The Labute approximate surface area is 145 Å². The molecule has 0 saturated carbocycles. The van der Waals surface area contributed by atoms with Gasteiger partial charge in [0.25, 0.3) is 0 Å². The van der Waals surface area contributed by atoms with E-state index in [2.05, 4.69) is 26.0 Å². The fourth-order valence-electron chi connectivity index (χ4n) is 3.91. The number of benzene rings is 1. The molecular formula is C19H22N2O2S. The minimum atomic E-state index is -0.804. The molecule has 0 atom stereocenters. The molecule has 1 aromatic carbocycles. The number of hydrazine groups is 1. The van der Waals surface area contributed by atoms with Gasteiger partial charge in [0.15, 0.2) is 0 Å². The standard InChI is InChI=1S/C19H22N2O2S/c1-19(2)6-5-15-14(8-19)16(18(22)23)17(24-15)11-3-4-12-9-21(20)10-13(12)7-11/h3-4,7H,5-6,8-10,20H2,1-2H3,(H,22,23). The van der Waals surface area contributed by atoms with E-state index in [1.807, 2.05) is 6.07 Å². The highest BCUT2D eigenvalue weighted by Gasteiger charge is 2.33. The number of rotatable bonds is 2. The first-order valence-corrected chi connectivity index (χ1v) is 9.15. The summed E-state index contributed by atoms with van der Waals surface area (Å²) in [4.78, 5) is 14.2. The third kappa shape index (κ3) is 2.57. The number of aromatic carboxylic acids is 1. The lowest BCUT2D eigenvalue weighted by Gasteiger charge is -2.29. The highest BCUT2D eigenvalue weighted by molar-refractivity contribution is 7.16. The van der Waals surface area contributed by atoms with Gasteiger partial charge in [-0.25, -0.2) is 9.80 Å². The highest BCUT2D eigenvalue weighted by atomic mass is 32.1. The van der Waals surface area contributed by atoms with E-state index < -0.39 is 5.97 Å². The number of nitrogens with zero attached hydrogens (tertiary/aromatic N) is 1. The number of carbonyl (C=O) groups is 1. The van der Waals surface area contributed by atoms with Gasteiger partial charge in [0.2, 0.25) is 0 Å². The van der Waals surface area contributed by atoms with Crippen LogP contribution >= 0.6 is 11.3 Å². The van der Waals surface area contributed by atoms with Crippen LogP contribution in [0.2, 0.25) is 0 Å².